The second-order valence-electron chi connectivity index (χ2n) is 4.43. The first-order valence-corrected chi connectivity index (χ1v) is 5.39. The molecule has 0 N–H and O–H groups in total. The minimum Gasteiger partial charge on any atom is -0.468 e. The lowest BCUT2D eigenvalue weighted by Crippen LogP contribution is -2.49. The van der Waals surface area contributed by atoms with E-state index in [1.807, 2.05) is 6.92 Å². The Morgan fingerprint density at radius 3 is 2.64 bits per heavy atom. The molecule has 82 valence electrons. The van der Waals surface area contributed by atoms with Crippen molar-refractivity contribution in [3.05, 3.63) is 0 Å². The Kier molecular flexibility index (Phi) is 3.93. The monoisotopic (exact) mass is 199 g/mol. The highest BCUT2D eigenvalue weighted by molar-refractivity contribution is 5.75. The molecule has 3 nitrogen and oxygen atoms in total. The fourth-order valence-corrected chi connectivity index (χ4v) is 2.17. The number of hydrogen-bond acceptors (Lipinski definition) is 3. The van der Waals surface area contributed by atoms with Crippen LogP contribution in [0.15, 0.2) is 0 Å². The number of hydrogen-bond donors (Lipinski definition) is 0. The molecule has 1 saturated heterocycles. The van der Waals surface area contributed by atoms with Crippen LogP contribution in [0.25, 0.3) is 0 Å². The van der Waals surface area contributed by atoms with Crippen molar-refractivity contribution in [3.8, 4) is 0 Å². The molecule has 0 aromatic carbocycles. The standard InChI is InChI=1S/C11H21NO2/c1-8-5-6-9(2)12(7-8)10(3)11(13)14-4/h8-10H,5-7H2,1-4H3. The summed E-state index contributed by atoms with van der Waals surface area (Å²) in [7, 11) is 1.46. The second-order valence-corrected chi connectivity index (χ2v) is 4.43. The fourth-order valence-electron chi connectivity index (χ4n) is 2.17. The van der Waals surface area contributed by atoms with Gasteiger partial charge in [-0.25, -0.2) is 0 Å². The van der Waals surface area contributed by atoms with E-state index < -0.39 is 0 Å². The van der Waals surface area contributed by atoms with Crippen LogP contribution < -0.4 is 0 Å². The van der Waals surface area contributed by atoms with Gasteiger partial charge in [-0.15, -0.1) is 0 Å². The quantitative estimate of drug-likeness (QED) is 0.634. The molecule has 1 rings (SSSR count). The first-order chi connectivity index (χ1) is 6.56. The van der Waals surface area contributed by atoms with Crippen LogP contribution in [0, 0.1) is 5.92 Å². The first kappa shape index (κ1) is 11.5. The molecule has 1 aliphatic heterocycles. The molecule has 0 saturated carbocycles. The molecule has 3 atom stereocenters. The highest BCUT2D eigenvalue weighted by Crippen LogP contribution is 2.23. The predicted molar refractivity (Wildman–Crippen MR) is 56.0 cm³/mol. The number of ether oxygens (including phenoxy) is 1. The number of nitrogens with zero attached hydrogens (tertiary/aromatic N) is 1. The first-order valence-electron chi connectivity index (χ1n) is 5.39. The maximum Gasteiger partial charge on any atom is 0.322 e. The zero-order valence-corrected chi connectivity index (χ0v) is 9.62. The summed E-state index contributed by atoms with van der Waals surface area (Å²) in [5, 5.41) is 0. The number of likely N-dealkylation sites (tertiary alicyclic amines) is 1. The lowest BCUT2D eigenvalue weighted by molar-refractivity contribution is -0.148. The minimum atomic E-state index is -0.119. The SMILES string of the molecule is COC(=O)C(C)N1CC(C)CCC1C. The number of rotatable bonds is 2. The maximum absolute atomic E-state index is 11.4. The Morgan fingerprint density at radius 2 is 2.07 bits per heavy atom. The summed E-state index contributed by atoms with van der Waals surface area (Å²) in [6.07, 6.45) is 2.45. The molecule has 0 bridgehead atoms. The van der Waals surface area contributed by atoms with Gasteiger partial charge < -0.3 is 4.74 Å². The fraction of sp³-hybridized carbons (Fsp3) is 0.909. The van der Waals surface area contributed by atoms with Crippen molar-refractivity contribution >= 4 is 5.97 Å². The lowest BCUT2D eigenvalue weighted by Gasteiger charge is -2.39. The number of methoxy groups -OCH3 is 1. The van der Waals surface area contributed by atoms with Crippen LogP contribution in [0.1, 0.15) is 33.6 Å². The van der Waals surface area contributed by atoms with Crippen molar-refractivity contribution in [2.45, 2.75) is 45.7 Å². The molecular weight excluding hydrogens is 178 g/mol. The van der Waals surface area contributed by atoms with Gasteiger partial charge >= 0.3 is 5.97 Å². The van der Waals surface area contributed by atoms with Crippen LogP contribution in [-0.2, 0) is 9.53 Å². The minimum absolute atomic E-state index is 0.0993. The van der Waals surface area contributed by atoms with Crippen molar-refractivity contribution in [2.24, 2.45) is 5.92 Å². The molecule has 0 radical (unpaired) electrons. The van der Waals surface area contributed by atoms with Gasteiger partial charge in [0, 0.05) is 12.6 Å². The van der Waals surface area contributed by atoms with Crippen LogP contribution in [0.5, 0.6) is 0 Å². The molecule has 0 aromatic rings. The van der Waals surface area contributed by atoms with Gasteiger partial charge in [-0.2, -0.15) is 0 Å². The van der Waals surface area contributed by atoms with Gasteiger partial charge in [-0.1, -0.05) is 6.92 Å². The van der Waals surface area contributed by atoms with E-state index >= 15 is 0 Å². The maximum atomic E-state index is 11.4. The average Bonchev–Trinajstić information content (AvgIpc) is 2.19. The number of carbonyl (C=O) groups is 1. The van der Waals surface area contributed by atoms with E-state index in [-0.39, 0.29) is 12.0 Å². The van der Waals surface area contributed by atoms with Crippen molar-refractivity contribution in [1.29, 1.82) is 0 Å². The van der Waals surface area contributed by atoms with Gasteiger partial charge in [-0.05, 0) is 32.6 Å². The summed E-state index contributed by atoms with van der Waals surface area (Å²) in [5.41, 5.74) is 0. The number of esters is 1. The zero-order chi connectivity index (χ0) is 10.7. The van der Waals surface area contributed by atoms with E-state index in [0.29, 0.717) is 12.0 Å². The third-order valence-electron chi connectivity index (χ3n) is 3.21. The molecule has 0 aliphatic carbocycles. The third kappa shape index (κ3) is 2.47. The molecule has 0 amide bonds. The average molecular weight is 199 g/mol. The molecule has 0 spiro atoms. The molecule has 1 heterocycles. The smallest absolute Gasteiger partial charge is 0.322 e. The van der Waals surface area contributed by atoms with Crippen molar-refractivity contribution < 1.29 is 9.53 Å². The highest BCUT2D eigenvalue weighted by Gasteiger charge is 2.30. The van der Waals surface area contributed by atoms with E-state index in [4.69, 9.17) is 4.74 Å². The molecule has 1 fully saturated rings. The van der Waals surface area contributed by atoms with Gasteiger partial charge in [0.15, 0.2) is 0 Å². The summed E-state index contributed by atoms with van der Waals surface area (Å²) in [4.78, 5) is 13.6. The van der Waals surface area contributed by atoms with E-state index in [1.165, 1.54) is 20.0 Å². The van der Waals surface area contributed by atoms with Crippen molar-refractivity contribution in [2.75, 3.05) is 13.7 Å². The van der Waals surface area contributed by atoms with Crippen molar-refractivity contribution in [3.63, 3.8) is 0 Å². The Hall–Kier alpha value is -0.570. The third-order valence-corrected chi connectivity index (χ3v) is 3.21. The molecule has 14 heavy (non-hydrogen) atoms. The molecule has 1 aliphatic rings. The summed E-state index contributed by atoms with van der Waals surface area (Å²) in [6, 6.07) is 0.401. The number of piperidine rings is 1. The Labute approximate surface area is 86.4 Å². The van der Waals surface area contributed by atoms with Crippen LogP contribution in [0.4, 0.5) is 0 Å². The highest BCUT2D eigenvalue weighted by atomic mass is 16.5. The lowest BCUT2D eigenvalue weighted by atomic mass is 9.94. The Bertz CT molecular complexity index is 205. The van der Waals surface area contributed by atoms with E-state index in [0.717, 1.165) is 6.54 Å². The van der Waals surface area contributed by atoms with Crippen LogP contribution in [0.3, 0.4) is 0 Å². The second kappa shape index (κ2) is 4.78. The van der Waals surface area contributed by atoms with Gasteiger partial charge in [0.1, 0.15) is 6.04 Å². The van der Waals surface area contributed by atoms with Gasteiger partial charge in [0.25, 0.3) is 0 Å². The van der Waals surface area contributed by atoms with E-state index in [2.05, 4.69) is 18.7 Å². The zero-order valence-electron chi connectivity index (χ0n) is 9.62. The van der Waals surface area contributed by atoms with Crippen LogP contribution in [0.2, 0.25) is 0 Å². The van der Waals surface area contributed by atoms with Gasteiger partial charge in [0.2, 0.25) is 0 Å². The van der Waals surface area contributed by atoms with Crippen molar-refractivity contribution in [1.82, 2.24) is 4.90 Å². The largest absolute Gasteiger partial charge is 0.468 e. The van der Waals surface area contributed by atoms with E-state index in [1.54, 1.807) is 0 Å². The Morgan fingerprint density at radius 1 is 1.43 bits per heavy atom. The summed E-state index contributed by atoms with van der Waals surface area (Å²) in [5.74, 6) is 0.573. The molecule has 3 unspecified atom stereocenters. The molecule has 0 aromatic heterocycles. The molecular formula is C11H21NO2. The predicted octanol–water partition coefficient (Wildman–Crippen LogP) is 1.67. The molecule has 3 heteroatoms. The Balaban J connectivity index is 2.59. The number of carbonyl (C=O) groups excluding carboxylic acids is 1. The van der Waals surface area contributed by atoms with E-state index in [9.17, 15) is 4.79 Å². The van der Waals surface area contributed by atoms with Crippen LogP contribution >= 0.6 is 0 Å². The van der Waals surface area contributed by atoms with Gasteiger partial charge in [-0.3, -0.25) is 9.69 Å². The van der Waals surface area contributed by atoms with Crippen LogP contribution in [-0.4, -0.2) is 36.6 Å². The van der Waals surface area contributed by atoms with Gasteiger partial charge in [0.05, 0.1) is 7.11 Å². The summed E-state index contributed by atoms with van der Waals surface area (Å²) < 4.78 is 4.77. The summed E-state index contributed by atoms with van der Waals surface area (Å²) >= 11 is 0. The topological polar surface area (TPSA) is 29.5 Å². The normalized spacial score (nSPS) is 31.1. The summed E-state index contributed by atoms with van der Waals surface area (Å²) in [6.45, 7) is 7.37.